The van der Waals surface area contributed by atoms with Crippen LogP contribution in [-0.2, 0) is 4.79 Å². The number of carbonyl (C=O) groups is 1. The SMILES string of the molecule is CN(C)[C@@H](C(=O)N1[C@@H]2C[C@@H]2C[C@@]1(C)C(C)(C)C)c1ccccc1. The molecule has 4 atom stereocenters. The van der Waals surface area contributed by atoms with Crippen molar-refractivity contribution >= 4 is 5.91 Å². The van der Waals surface area contributed by atoms with E-state index in [0.717, 1.165) is 12.0 Å². The lowest BCUT2D eigenvalue weighted by atomic mass is 9.72. The summed E-state index contributed by atoms with van der Waals surface area (Å²) in [6, 6.07) is 10.4. The third-order valence-corrected chi connectivity index (χ3v) is 6.13. The standard InChI is InChI=1S/C20H30N2O/c1-19(2,3)20(4)13-15-12-16(15)22(20)18(23)17(21(5)6)14-10-8-7-9-11-14/h7-11,15-17H,12-13H2,1-6H3/t15-,16-,17-,20+/m1/s1. The number of nitrogens with zero attached hydrogens (tertiary/aromatic N) is 2. The zero-order valence-electron chi connectivity index (χ0n) is 15.3. The van der Waals surface area contributed by atoms with E-state index in [1.165, 1.54) is 6.42 Å². The number of piperidine rings is 1. The van der Waals surface area contributed by atoms with Crippen molar-refractivity contribution in [1.29, 1.82) is 0 Å². The van der Waals surface area contributed by atoms with Gasteiger partial charge in [-0.05, 0) is 50.8 Å². The molecule has 1 saturated heterocycles. The van der Waals surface area contributed by atoms with Crippen molar-refractivity contribution in [2.75, 3.05) is 14.1 Å². The molecule has 1 aromatic rings. The number of hydrogen-bond acceptors (Lipinski definition) is 2. The van der Waals surface area contributed by atoms with Gasteiger partial charge >= 0.3 is 0 Å². The van der Waals surface area contributed by atoms with Crippen LogP contribution in [-0.4, -0.2) is 41.4 Å². The molecule has 1 heterocycles. The lowest BCUT2D eigenvalue weighted by molar-refractivity contribution is -0.146. The molecule has 1 saturated carbocycles. The van der Waals surface area contributed by atoms with Gasteiger partial charge in [-0.3, -0.25) is 9.69 Å². The number of hydrogen-bond donors (Lipinski definition) is 0. The summed E-state index contributed by atoms with van der Waals surface area (Å²) >= 11 is 0. The molecule has 1 aliphatic heterocycles. The maximum absolute atomic E-state index is 13.6. The minimum Gasteiger partial charge on any atom is -0.332 e. The molecule has 3 rings (SSSR count). The van der Waals surface area contributed by atoms with Crippen LogP contribution in [0.2, 0.25) is 0 Å². The molecule has 1 amide bonds. The van der Waals surface area contributed by atoms with Crippen LogP contribution in [0.4, 0.5) is 0 Å². The summed E-state index contributed by atoms with van der Waals surface area (Å²) < 4.78 is 0. The number of fused-ring (bicyclic) bond motifs is 1. The first-order chi connectivity index (χ1) is 10.7. The Morgan fingerprint density at radius 3 is 2.39 bits per heavy atom. The summed E-state index contributed by atoms with van der Waals surface area (Å²) in [6.07, 6.45) is 2.33. The minimum atomic E-state index is -0.197. The van der Waals surface area contributed by atoms with Crippen LogP contribution >= 0.6 is 0 Å². The fraction of sp³-hybridized carbons (Fsp3) is 0.650. The van der Waals surface area contributed by atoms with E-state index >= 15 is 0 Å². The van der Waals surface area contributed by atoms with Crippen LogP contribution in [0.25, 0.3) is 0 Å². The largest absolute Gasteiger partial charge is 0.332 e. The fourth-order valence-electron chi connectivity index (χ4n) is 4.24. The highest BCUT2D eigenvalue weighted by molar-refractivity contribution is 5.85. The Balaban J connectivity index is 1.97. The van der Waals surface area contributed by atoms with Crippen molar-refractivity contribution in [3.63, 3.8) is 0 Å². The Bertz CT molecular complexity index is 589. The number of rotatable bonds is 3. The van der Waals surface area contributed by atoms with Gasteiger partial charge in [0.05, 0.1) is 0 Å². The zero-order valence-corrected chi connectivity index (χ0v) is 15.3. The quantitative estimate of drug-likeness (QED) is 0.849. The first kappa shape index (κ1) is 16.5. The molecule has 0 unspecified atom stereocenters. The molecule has 2 aliphatic rings. The molecule has 126 valence electrons. The Hall–Kier alpha value is -1.35. The van der Waals surface area contributed by atoms with Crippen molar-refractivity contribution < 1.29 is 4.79 Å². The van der Waals surface area contributed by atoms with E-state index in [4.69, 9.17) is 0 Å². The lowest BCUT2D eigenvalue weighted by Gasteiger charge is -2.49. The summed E-state index contributed by atoms with van der Waals surface area (Å²) in [5.74, 6) is 0.977. The molecule has 23 heavy (non-hydrogen) atoms. The average molecular weight is 314 g/mol. The van der Waals surface area contributed by atoms with Crippen molar-refractivity contribution in [2.24, 2.45) is 11.3 Å². The summed E-state index contributed by atoms with van der Waals surface area (Å²) in [4.78, 5) is 17.9. The van der Waals surface area contributed by atoms with Crippen molar-refractivity contribution in [2.45, 2.75) is 58.2 Å². The van der Waals surface area contributed by atoms with Gasteiger partial charge in [0.2, 0.25) is 5.91 Å². The molecule has 3 nitrogen and oxygen atoms in total. The van der Waals surface area contributed by atoms with E-state index in [0.29, 0.717) is 12.0 Å². The predicted octanol–water partition coefficient (Wildman–Crippen LogP) is 3.71. The first-order valence-electron chi connectivity index (χ1n) is 8.71. The third-order valence-electron chi connectivity index (χ3n) is 6.13. The van der Waals surface area contributed by atoms with Crippen LogP contribution < -0.4 is 0 Å². The zero-order chi connectivity index (χ0) is 17.0. The highest BCUT2D eigenvalue weighted by Crippen LogP contribution is 2.58. The van der Waals surface area contributed by atoms with Gasteiger partial charge in [-0.1, -0.05) is 51.1 Å². The highest BCUT2D eigenvalue weighted by atomic mass is 16.2. The first-order valence-corrected chi connectivity index (χ1v) is 8.71. The number of likely N-dealkylation sites (tertiary alicyclic amines) is 1. The third kappa shape index (κ3) is 2.59. The van der Waals surface area contributed by atoms with Gasteiger partial charge < -0.3 is 4.90 Å². The predicted molar refractivity (Wildman–Crippen MR) is 94.1 cm³/mol. The van der Waals surface area contributed by atoms with Crippen molar-refractivity contribution in [3.8, 4) is 0 Å². The molecular formula is C20H30N2O. The molecule has 0 N–H and O–H groups in total. The Morgan fingerprint density at radius 1 is 1.26 bits per heavy atom. The van der Waals surface area contributed by atoms with Gasteiger partial charge in [-0.2, -0.15) is 0 Å². The van der Waals surface area contributed by atoms with E-state index in [9.17, 15) is 4.79 Å². The second-order valence-electron chi connectivity index (χ2n) is 8.78. The second-order valence-corrected chi connectivity index (χ2v) is 8.78. The number of likely N-dealkylation sites (N-methyl/N-ethyl adjacent to an activating group) is 1. The van der Waals surface area contributed by atoms with Gasteiger partial charge in [0.25, 0.3) is 0 Å². The molecule has 0 radical (unpaired) electrons. The van der Waals surface area contributed by atoms with Gasteiger partial charge in [-0.15, -0.1) is 0 Å². The molecule has 1 aromatic carbocycles. The van der Waals surface area contributed by atoms with Gasteiger partial charge in [0, 0.05) is 11.6 Å². The van der Waals surface area contributed by atoms with Gasteiger partial charge in [0.1, 0.15) is 6.04 Å². The van der Waals surface area contributed by atoms with Crippen LogP contribution in [0.5, 0.6) is 0 Å². The summed E-state index contributed by atoms with van der Waals surface area (Å²) in [7, 11) is 4.01. The van der Waals surface area contributed by atoms with Crippen LogP contribution in [0.3, 0.4) is 0 Å². The second kappa shape index (κ2) is 5.34. The number of benzene rings is 1. The van der Waals surface area contributed by atoms with Gasteiger partial charge in [0.15, 0.2) is 0 Å². The van der Waals surface area contributed by atoms with E-state index < -0.39 is 0 Å². The number of carbonyl (C=O) groups excluding carboxylic acids is 1. The monoisotopic (exact) mass is 314 g/mol. The summed E-state index contributed by atoms with van der Waals surface area (Å²) in [5.41, 5.74) is 1.12. The van der Waals surface area contributed by atoms with Crippen LogP contribution in [0.15, 0.2) is 30.3 Å². The normalized spacial score (nSPS) is 31.2. The van der Waals surface area contributed by atoms with Crippen molar-refractivity contribution in [3.05, 3.63) is 35.9 Å². The number of amides is 1. The average Bonchev–Trinajstić information content (AvgIpc) is 3.10. The van der Waals surface area contributed by atoms with E-state index in [1.807, 2.05) is 32.3 Å². The van der Waals surface area contributed by atoms with Crippen molar-refractivity contribution in [1.82, 2.24) is 9.80 Å². The molecule has 0 aromatic heterocycles. The smallest absolute Gasteiger partial charge is 0.245 e. The molecular weight excluding hydrogens is 284 g/mol. The van der Waals surface area contributed by atoms with Crippen LogP contribution in [0.1, 0.15) is 52.1 Å². The Kier molecular flexibility index (Phi) is 3.83. The molecule has 2 fully saturated rings. The minimum absolute atomic E-state index is 0.0549. The maximum Gasteiger partial charge on any atom is 0.245 e. The molecule has 3 heteroatoms. The maximum atomic E-state index is 13.6. The highest BCUT2D eigenvalue weighted by Gasteiger charge is 2.63. The Morgan fingerprint density at radius 2 is 1.87 bits per heavy atom. The molecule has 0 bridgehead atoms. The molecule has 0 spiro atoms. The van der Waals surface area contributed by atoms with Gasteiger partial charge in [-0.25, -0.2) is 0 Å². The summed E-state index contributed by atoms with van der Waals surface area (Å²) in [6.45, 7) is 9.09. The topological polar surface area (TPSA) is 23.6 Å². The van der Waals surface area contributed by atoms with Crippen LogP contribution in [0, 0.1) is 11.3 Å². The lowest BCUT2D eigenvalue weighted by Crippen LogP contribution is -2.57. The Labute approximate surface area is 140 Å². The molecule has 1 aliphatic carbocycles. The summed E-state index contributed by atoms with van der Waals surface area (Å²) in [5, 5.41) is 0. The van der Waals surface area contributed by atoms with E-state index in [2.05, 4.69) is 49.6 Å². The van der Waals surface area contributed by atoms with E-state index in [-0.39, 0.29) is 22.9 Å². The fourth-order valence-corrected chi connectivity index (χ4v) is 4.24. The van der Waals surface area contributed by atoms with E-state index in [1.54, 1.807) is 0 Å².